The number of ether oxygens (including phenoxy) is 3. The van der Waals surface area contributed by atoms with Gasteiger partial charge >= 0.3 is 0 Å². The summed E-state index contributed by atoms with van der Waals surface area (Å²) in [5, 5.41) is 13.3. The average Bonchev–Trinajstić information content (AvgIpc) is 3.45. The Bertz CT molecular complexity index is 1590. The summed E-state index contributed by atoms with van der Waals surface area (Å²) in [5.41, 5.74) is 0.878. The fraction of sp³-hybridized carbons (Fsp3) is 0.290. The first-order valence-corrected chi connectivity index (χ1v) is 15.1. The third-order valence-corrected chi connectivity index (χ3v) is 8.53. The van der Waals surface area contributed by atoms with E-state index in [0.717, 1.165) is 30.2 Å². The topological polar surface area (TPSA) is 120 Å². The molecule has 0 bridgehead atoms. The van der Waals surface area contributed by atoms with Crippen LogP contribution in [0, 0.1) is 0 Å². The Morgan fingerprint density at radius 1 is 1.10 bits per heavy atom. The number of rotatable bonds is 10. The van der Waals surface area contributed by atoms with E-state index < -0.39 is 21.0 Å². The summed E-state index contributed by atoms with van der Waals surface area (Å²) >= 11 is 0. The fourth-order valence-electron chi connectivity index (χ4n) is 5.22. The standard InChI is InChI=1S/C31H32N2O7S/c1-37-30(16-7-17-38-21-30)25-10-6-11-26(18-25)40-31(20-33-34,24-12-14-27(15-13-24)41(2,35)36)19-28-29(32-22-39-28)23-8-4-3-5-9-23/h3-6,8-15,18,20,22,34H,7,16-17,19,21H2,1-2H3. The summed E-state index contributed by atoms with van der Waals surface area (Å²) < 4.78 is 48.6. The Morgan fingerprint density at radius 3 is 2.54 bits per heavy atom. The maximum Gasteiger partial charge on any atom is 0.181 e. The van der Waals surface area contributed by atoms with Crippen molar-refractivity contribution in [2.45, 2.75) is 35.4 Å². The number of oxazole rings is 1. The molecule has 1 aliphatic heterocycles. The largest absolute Gasteiger partial charge is 0.476 e. The van der Waals surface area contributed by atoms with E-state index in [-0.39, 0.29) is 11.3 Å². The van der Waals surface area contributed by atoms with Crippen molar-refractivity contribution in [3.8, 4) is 17.0 Å². The van der Waals surface area contributed by atoms with Crippen molar-refractivity contribution in [2.75, 3.05) is 26.6 Å². The highest BCUT2D eigenvalue weighted by Gasteiger charge is 2.39. The molecule has 10 heteroatoms. The van der Waals surface area contributed by atoms with Gasteiger partial charge in [-0.15, -0.1) is 0 Å². The predicted octanol–water partition coefficient (Wildman–Crippen LogP) is 5.37. The van der Waals surface area contributed by atoms with Crippen molar-refractivity contribution >= 4 is 16.1 Å². The Balaban J connectivity index is 1.61. The molecule has 0 spiro atoms. The molecule has 2 atom stereocenters. The first-order chi connectivity index (χ1) is 19.8. The second kappa shape index (κ2) is 11.9. The van der Waals surface area contributed by atoms with Crippen molar-refractivity contribution in [2.24, 2.45) is 5.16 Å². The van der Waals surface area contributed by atoms with Gasteiger partial charge in [-0.25, -0.2) is 13.4 Å². The molecule has 5 rings (SSSR count). The minimum Gasteiger partial charge on any atom is -0.476 e. The molecule has 41 heavy (non-hydrogen) atoms. The van der Waals surface area contributed by atoms with Gasteiger partial charge in [0.15, 0.2) is 21.8 Å². The van der Waals surface area contributed by atoms with Crippen LogP contribution in [-0.2, 0) is 36.9 Å². The lowest BCUT2D eigenvalue weighted by atomic mass is 9.87. The van der Waals surface area contributed by atoms with Gasteiger partial charge in [0.1, 0.15) is 22.8 Å². The molecule has 0 saturated carbocycles. The van der Waals surface area contributed by atoms with E-state index >= 15 is 0 Å². The summed E-state index contributed by atoms with van der Waals surface area (Å²) in [7, 11) is -1.76. The molecular weight excluding hydrogens is 544 g/mol. The van der Waals surface area contributed by atoms with Gasteiger partial charge in [0, 0.05) is 31.1 Å². The number of aromatic nitrogens is 1. The minimum absolute atomic E-state index is 0.0856. The van der Waals surface area contributed by atoms with Crippen LogP contribution < -0.4 is 4.74 Å². The molecule has 0 radical (unpaired) electrons. The Morgan fingerprint density at radius 2 is 1.88 bits per heavy atom. The highest BCUT2D eigenvalue weighted by molar-refractivity contribution is 7.90. The van der Waals surface area contributed by atoms with E-state index in [1.807, 2.05) is 48.5 Å². The Kier molecular flexibility index (Phi) is 8.25. The van der Waals surface area contributed by atoms with Crippen LogP contribution in [0.4, 0.5) is 0 Å². The zero-order valence-electron chi connectivity index (χ0n) is 22.9. The van der Waals surface area contributed by atoms with Crippen LogP contribution in [0.1, 0.15) is 29.7 Å². The van der Waals surface area contributed by atoms with Gasteiger partial charge in [0.2, 0.25) is 0 Å². The van der Waals surface area contributed by atoms with Crippen molar-refractivity contribution in [3.05, 3.63) is 102 Å². The normalized spacial score (nSPS) is 19.2. The predicted molar refractivity (Wildman–Crippen MR) is 153 cm³/mol. The van der Waals surface area contributed by atoms with E-state index in [2.05, 4.69) is 10.1 Å². The van der Waals surface area contributed by atoms with Crippen molar-refractivity contribution in [3.63, 3.8) is 0 Å². The number of oxime groups is 1. The van der Waals surface area contributed by atoms with E-state index in [9.17, 15) is 13.6 Å². The first kappa shape index (κ1) is 28.5. The van der Waals surface area contributed by atoms with Crippen LogP contribution in [-0.4, -0.2) is 51.4 Å². The van der Waals surface area contributed by atoms with Crippen LogP contribution in [0.5, 0.6) is 5.75 Å². The molecule has 0 amide bonds. The zero-order valence-corrected chi connectivity index (χ0v) is 23.7. The smallest absolute Gasteiger partial charge is 0.181 e. The monoisotopic (exact) mass is 576 g/mol. The molecule has 1 N–H and O–H groups in total. The number of benzene rings is 3. The molecule has 9 nitrogen and oxygen atoms in total. The lowest BCUT2D eigenvalue weighted by Gasteiger charge is -2.37. The second-order valence-corrected chi connectivity index (χ2v) is 12.1. The maximum atomic E-state index is 12.2. The third-order valence-electron chi connectivity index (χ3n) is 7.40. The van der Waals surface area contributed by atoms with E-state index in [1.165, 1.54) is 24.7 Å². The van der Waals surface area contributed by atoms with E-state index in [0.29, 0.717) is 36.0 Å². The summed E-state index contributed by atoms with van der Waals surface area (Å²) in [6.45, 7) is 1.10. The summed E-state index contributed by atoms with van der Waals surface area (Å²) in [4.78, 5) is 4.59. The molecular formula is C31H32N2O7S. The van der Waals surface area contributed by atoms with Crippen LogP contribution >= 0.6 is 0 Å². The van der Waals surface area contributed by atoms with Crippen molar-refractivity contribution in [1.82, 2.24) is 4.98 Å². The van der Waals surface area contributed by atoms with E-state index in [4.69, 9.17) is 18.6 Å². The molecule has 214 valence electrons. The Hall–Kier alpha value is -3.99. The van der Waals surface area contributed by atoms with Gasteiger partial charge in [0.05, 0.1) is 24.1 Å². The average molecular weight is 577 g/mol. The van der Waals surface area contributed by atoms with Gasteiger partial charge in [0.25, 0.3) is 0 Å². The molecule has 1 aromatic heterocycles. The highest BCUT2D eigenvalue weighted by atomic mass is 32.2. The molecule has 1 aliphatic rings. The molecule has 1 fully saturated rings. The van der Waals surface area contributed by atoms with Crippen LogP contribution in [0.25, 0.3) is 11.3 Å². The van der Waals surface area contributed by atoms with Gasteiger partial charge in [-0.3, -0.25) is 0 Å². The maximum absolute atomic E-state index is 12.2. The third kappa shape index (κ3) is 6.04. The van der Waals surface area contributed by atoms with Gasteiger partial charge in [-0.1, -0.05) is 59.8 Å². The highest BCUT2D eigenvalue weighted by Crippen LogP contribution is 2.38. The van der Waals surface area contributed by atoms with Crippen molar-refractivity contribution < 1.29 is 32.3 Å². The number of hydrogen-bond donors (Lipinski definition) is 1. The first-order valence-electron chi connectivity index (χ1n) is 13.2. The van der Waals surface area contributed by atoms with Gasteiger partial charge < -0.3 is 23.8 Å². The summed E-state index contributed by atoms with van der Waals surface area (Å²) in [6, 6.07) is 23.4. The van der Waals surface area contributed by atoms with Crippen molar-refractivity contribution in [1.29, 1.82) is 0 Å². The van der Waals surface area contributed by atoms with E-state index in [1.54, 1.807) is 25.3 Å². The second-order valence-electron chi connectivity index (χ2n) is 10.1. The zero-order chi connectivity index (χ0) is 28.9. The summed E-state index contributed by atoms with van der Waals surface area (Å²) in [6.07, 6.45) is 5.53. The molecule has 1 saturated heterocycles. The van der Waals surface area contributed by atoms with Gasteiger partial charge in [-0.05, 0) is 42.7 Å². The molecule has 4 aromatic rings. The number of sulfone groups is 1. The summed E-state index contributed by atoms with van der Waals surface area (Å²) in [5.74, 6) is 0.978. The Labute approximate surface area is 239 Å². The van der Waals surface area contributed by atoms with Crippen LogP contribution in [0.3, 0.4) is 0 Å². The SMILES string of the molecule is COC1(c2cccc(OC(C=NO)(Cc3ocnc3-c3ccccc3)c3ccc(S(C)(=O)=O)cc3)c2)CCCOC1. The lowest BCUT2D eigenvalue weighted by Crippen LogP contribution is -2.39. The fourth-order valence-corrected chi connectivity index (χ4v) is 5.85. The quantitative estimate of drug-likeness (QED) is 0.152. The molecule has 3 aromatic carbocycles. The molecule has 2 heterocycles. The van der Waals surface area contributed by atoms with Crippen LogP contribution in [0.2, 0.25) is 0 Å². The van der Waals surface area contributed by atoms with Gasteiger partial charge in [-0.2, -0.15) is 0 Å². The minimum atomic E-state index is -3.43. The number of nitrogens with zero attached hydrogens (tertiary/aromatic N) is 2. The molecule has 0 aliphatic carbocycles. The lowest BCUT2D eigenvalue weighted by molar-refractivity contribution is -0.115. The molecule has 2 unspecified atom stereocenters. The van der Waals surface area contributed by atoms with Crippen LogP contribution in [0.15, 0.2) is 99.7 Å². The number of methoxy groups -OCH3 is 1. The number of hydrogen-bond acceptors (Lipinski definition) is 9.